The van der Waals surface area contributed by atoms with E-state index in [2.05, 4.69) is 32.3 Å². The zero-order valence-corrected chi connectivity index (χ0v) is 19.0. The van der Waals surface area contributed by atoms with Crippen molar-refractivity contribution >= 4 is 81.1 Å². The molecule has 8 nitrogen and oxygen atoms in total. The van der Waals surface area contributed by atoms with Crippen LogP contribution in [0.3, 0.4) is 0 Å². The van der Waals surface area contributed by atoms with Gasteiger partial charge < -0.3 is 10.6 Å². The Morgan fingerprint density at radius 3 is 1.43 bits per heavy atom. The third-order valence-electron chi connectivity index (χ3n) is 3.82. The number of amides is 2. The van der Waals surface area contributed by atoms with Crippen molar-refractivity contribution < 1.29 is 9.59 Å². The molecular formula is C18H18Cl2N6O2S2. The van der Waals surface area contributed by atoms with Gasteiger partial charge in [0.25, 0.3) is 0 Å². The lowest BCUT2D eigenvalue weighted by Crippen LogP contribution is -2.53. The quantitative estimate of drug-likeness (QED) is 0.219. The summed E-state index contributed by atoms with van der Waals surface area (Å²) in [7, 11) is 0. The average Bonchev–Trinajstić information content (AvgIpc) is 2.71. The van der Waals surface area contributed by atoms with E-state index in [1.807, 2.05) is 13.8 Å². The van der Waals surface area contributed by atoms with E-state index in [1.54, 1.807) is 36.4 Å². The summed E-state index contributed by atoms with van der Waals surface area (Å²) in [6.45, 7) is 3.62. The summed E-state index contributed by atoms with van der Waals surface area (Å²) < 4.78 is 0. The molecule has 0 saturated carbocycles. The summed E-state index contributed by atoms with van der Waals surface area (Å²) >= 11 is 22.2. The van der Waals surface area contributed by atoms with E-state index < -0.39 is 11.8 Å². The summed E-state index contributed by atoms with van der Waals surface area (Å²) in [5, 5.41) is 7.00. The number of thiocarbonyl (C=S) groups is 2. The van der Waals surface area contributed by atoms with Gasteiger partial charge >= 0.3 is 11.8 Å². The Labute approximate surface area is 194 Å². The van der Waals surface area contributed by atoms with E-state index in [0.717, 1.165) is 11.1 Å². The first-order valence-corrected chi connectivity index (χ1v) is 10.0. The van der Waals surface area contributed by atoms with E-state index in [4.69, 9.17) is 47.6 Å². The number of hydrazine groups is 2. The molecule has 30 heavy (non-hydrogen) atoms. The molecule has 158 valence electrons. The van der Waals surface area contributed by atoms with Crippen molar-refractivity contribution in [2.75, 3.05) is 10.6 Å². The van der Waals surface area contributed by atoms with Crippen LogP contribution >= 0.6 is 47.6 Å². The van der Waals surface area contributed by atoms with Gasteiger partial charge in [-0.1, -0.05) is 35.3 Å². The topological polar surface area (TPSA) is 106 Å². The van der Waals surface area contributed by atoms with Crippen molar-refractivity contribution in [3.05, 3.63) is 57.6 Å². The number of nitrogens with one attached hydrogen (secondary N) is 6. The molecule has 0 bridgehead atoms. The first-order chi connectivity index (χ1) is 14.2. The Morgan fingerprint density at radius 1 is 0.700 bits per heavy atom. The van der Waals surface area contributed by atoms with Crippen LogP contribution in [-0.4, -0.2) is 22.0 Å². The maximum atomic E-state index is 11.9. The fourth-order valence-corrected chi connectivity index (χ4v) is 2.80. The molecule has 0 aliphatic carbocycles. The van der Waals surface area contributed by atoms with E-state index in [0.29, 0.717) is 21.4 Å². The van der Waals surface area contributed by atoms with Crippen LogP contribution in [0.1, 0.15) is 11.1 Å². The molecule has 0 spiro atoms. The molecule has 0 saturated heterocycles. The van der Waals surface area contributed by atoms with Crippen LogP contribution in [0, 0.1) is 13.8 Å². The summed E-state index contributed by atoms with van der Waals surface area (Å²) in [5.41, 5.74) is 12.1. The van der Waals surface area contributed by atoms with Crippen molar-refractivity contribution in [1.82, 2.24) is 21.7 Å². The molecule has 12 heteroatoms. The third kappa shape index (κ3) is 6.70. The molecule has 2 aromatic carbocycles. The van der Waals surface area contributed by atoms with Crippen molar-refractivity contribution in [2.24, 2.45) is 0 Å². The normalized spacial score (nSPS) is 9.87. The lowest BCUT2D eigenvalue weighted by Gasteiger charge is -2.15. The predicted molar refractivity (Wildman–Crippen MR) is 127 cm³/mol. The lowest BCUT2D eigenvalue weighted by molar-refractivity contribution is -0.139. The number of benzene rings is 2. The largest absolute Gasteiger partial charge is 0.331 e. The van der Waals surface area contributed by atoms with E-state index in [1.165, 1.54) is 0 Å². The molecule has 0 aliphatic heterocycles. The third-order valence-corrected chi connectivity index (χ3v) is 5.04. The number of halogens is 2. The van der Waals surface area contributed by atoms with Crippen molar-refractivity contribution in [2.45, 2.75) is 13.8 Å². The Hall–Kier alpha value is -2.66. The molecule has 0 radical (unpaired) electrons. The molecule has 0 fully saturated rings. The van der Waals surface area contributed by atoms with Gasteiger partial charge in [-0.15, -0.1) is 0 Å². The summed E-state index contributed by atoms with van der Waals surface area (Å²) in [6.07, 6.45) is 0. The second-order valence-electron chi connectivity index (χ2n) is 5.89. The number of hydrogen-bond donors (Lipinski definition) is 6. The van der Waals surface area contributed by atoms with E-state index >= 15 is 0 Å². The highest BCUT2D eigenvalue weighted by atomic mass is 35.5. The van der Waals surface area contributed by atoms with Gasteiger partial charge in [-0.05, 0) is 73.7 Å². The molecule has 2 amide bonds. The van der Waals surface area contributed by atoms with Crippen LogP contribution in [0.4, 0.5) is 11.4 Å². The van der Waals surface area contributed by atoms with Crippen LogP contribution in [0.5, 0.6) is 0 Å². The number of anilines is 2. The van der Waals surface area contributed by atoms with Gasteiger partial charge in [0, 0.05) is 21.4 Å². The molecule has 0 aliphatic rings. The molecule has 2 aromatic rings. The SMILES string of the molecule is Cc1c(Cl)cccc1NC(=S)NNC(=O)C(=O)NNC(=S)Nc1cccc(Cl)c1C. The van der Waals surface area contributed by atoms with E-state index in [9.17, 15) is 9.59 Å². The van der Waals surface area contributed by atoms with Crippen LogP contribution in [0.25, 0.3) is 0 Å². The standard InChI is InChI=1S/C18H18Cl2N6O2S2/c1-9-11(19)5-3-7-13(9)21-17(29)25-23-15(27)16(28)24-26-18(30)22-14-8-4-6-12(20)10(14)2/h3-8H,1-2H3,(H,23,27)(H,24,28)(H2,21,25,29)(H2,22,26,30). The van der Waals surface area contributed by atoms with Crippen molar-refractivity contribution in [3.8, 4) is 0 Å². The minimum Gasteiger partial charge on any atom is -0.331 e. The zero-order chi connectivity index (χ0) is 22.3. The van der Waals surface area contributed by atoms with Gasteiger partial charge in [0.05, 0.1) is 0 Å². The summed E-state index contributed by atoms with van der Waals surface area (Å²) in [5.74, 6) is -1.98. The number of carbonyl (C=O) groups excluding carboxylic acids is 2. The maximum absolute atomic E-state index is 11.9. The molecule has 0 atom stereocenters. The van der Waals surface area contributed by atoms with Gasteiger partial charge in [0.1, 0.15) is 0 Å². The van der Waals surface area contributed by atoms with Crippen molar-refractivity contribution in [1.29, 1.82) is 0 Å². The molecule has 0 unspecified atom stereocenters. The monoisotopic (exact) mass is 484 g/mol. The number of carbonyl (C=O) groups is 2. The van der Waals surface area contributed by atoms with Gasteiger partial charge in [0.2, 0.25) is 0 Å². The van der Waals surface area contributed by atoms with Crippen LogP contribution in [0.2, 0.25) is 10.0 Å². The summed E-state index contributed by atoms with van der Waals surface area (Å²) in [6, 6.07) is 10.5. The molecule has 0 aromatic heterocycles. The van der Waals surface area contributed by atoms with Crippen LogP contribution in [-0.2, 0) is 9.59 Å². The van der Waals surface area contributed by atoms with Crippen molar-refractivity contribution in [3.63, 3.8) is 0 Å². The first kappa shape index (κ1) is 23.6. The molecule has 6 N–H and O–H groups in total. The highest BCUT2D eigenvalue weighted by Crippen LogP contribution is 2.23. The Morgan fingerprint density at radius 2 is 1.07 bits per heavy atom. The van der Waals surface area contributed by atoms with Crippen LogP contribution in [0.15, 0.2) is 36.4 Å². The highest BCUT2D eigenvalue weighted by Gasteiger charge is 2.14. The second kappa shape index (κ2) is 10.9. The smallest absolute Gasteiger partial charge is 0.329 e. The minimum atomic E-state index is -0.990. The Bertz CT molecular complexity index is 923. The highest BCUT2D eigenvalue weighted by molar-refractivity contribution is 7.80. The first-order valence-electron chi connectivity index (χ1n) is 8.43. The Balaban J connectivity index is 1.77. The average molecular weight is 485 g/mol. The Kier molecular flexibility index (Phi) is 8.60. The van der Waals surface area contributed by atoms with Gasteiger partial charge in [-0.25, -0.2) is 0 Å². The van der Waals surface area contributed by atoms with E-state index in [-0.39, 0.29) is 10.2 Å². The lowest BCUT2D eigenvalue weighted by atomic mass is 10.2. The van der Waals surface area contributed by atoms with Gasteiger partial charge in [0.15, 0.2) is 10.2 Å². The van der Waals surface area contributed by atoms with Gasteiger partial charge in [-0.2, -0.15) is 0 Å². The number of hydrogen-bond acceptors (Lipinski definition) is 4. The second-order valence-corrected chi connectivity index (χ2v) is 7.52. The van der Waals surface area contributed by atoms with Gasteiger partial charge in [-0.3, -0.25) is 31.3 Å². The van der Waals surface area contributed by atoms with Crippen LogP contribution < -0.4 is 32.3 Å². The molecule has 2 rings (SSSR count). The maximum Gasteiger partial charge on any atom is 0.329 e. The number of rotatable bonds is 2. The fourth-order valence-electron chi connectivity index (χ4n) is 2.13. The summed E-state index contributed by atoms with van der Waals surface area (Å²) in [4.78, 5) is 23.8. The zero-order valence-electron chi connectivity index (χ0n) is 15.9. The fraction of sp³-hybridized carbons (Fsp3) is 0.111. The predicted octanol–water partition coefficient (Wildman–Crippen LogP) is 2.95. The molecule has 0 heterocycles. The molecular weight excluding hydrogens is 467 g/mol. The minimum absolute atomic E-state index is 0.0723.